The minimum atomic E-state index is -0.573. The number of nitrogens with zero attached hydrogens (tertiary/aromatic N) is 1. The first-order valence-electron chi connectivity index (χ1n) is 10.4. The molecule has 1 aliphatic heterocycles. The first kappa shape index (κ1) is 19.6. The van der Waals surface area contributed by atoms with Crippen LogP contribution in [0.4, 0.5) is 11.4 Å². The maximum atomic E-state index is 13.3. The highest BCUT2D eigenvalue weighted by molar-refractivity contribution is 6.07. The summed E-state index contributed by atoms with van der Waals surface area (Å²) in [6.45, 7) is 4.41. The first-order valence-corrected chi connectivity index (χ1v) is 10.4. The number of ether oxygens (including phenoxy) is 1. The molecule has 1 heterocycles. The second kappa shape index (κ2) is 8.37. The van der Waals surface area contributed by atoms with Crippen LogP contribution in [0.25, 0.3) is 0 Å². The summed E-state index contributed by atoms with van der Waals surface area (Å²) in [7, 11) is 0. The molecule has 2 aromatic carbocycles. The predicted octanol–water partition coefficient (Wildman–Crippen LogP) is 4.10. The second-order valence-corrected chi connectivity index (χ2v) is 8.17. The SMILES string of the molecule is Cc1ccc(NC(=O)C2CCc3ccccc3N2C(=O)C(C)OCC2CC2)cc1. The average molecular weight is 392 g/mol. The van der Waals surface area contributed by atoms with Gasteiger partial charge in [0.2, 0.25) is 5.91 Å². The normalized spacial score (nSPS) is 19.4. The van der Waals surface area contributed by atoms with Crippen molar-refractivity contribution in [1.29, 1.82) is 0 Å². The van der Waals surface area contributed by atoms with E-state index in [1.54, 1.807) is 11.8 Å². The summed E-state index contributed by atoms with van der Waals surface area (Å²) in [4.78, 5) is 28.1. The molecule has 2 unspecified atom stereocenters. The Kier molecular flexibility index (Phi) is 5.67. The van der Waals surface area contributed by atoms with Gasteiger partial charge < -0.3 is 10.1 Å². The highest BCUT2D eigenvalue weighted by Crippen LogP contribution is 2.33. The molecule has 0 aromatic heterocycles. The Bertz CT molecular complexity index is 889. The Balaban J connectivity index is 1.56. The molecule has 152 valence electrons. The molecule has 2 aromatic rings. The smallest absolute Gasteiger partial charge is 0.256 e. The van der Waals surface area contributed by atoms with Crippen molar-refractivity contribution >= 4 is 23.2 Å². The van der Waals surface area contributed by atoms with Crippen molar-refractivity contribution in [2.75, 3.05) is 16.8 Å². The largest absolute Gasteiger partial charge is 0.368 e. The maximum Gasteiger partial charge on any atom is 0.256 e. The zero-order chi connectivity index (χ0) is 20.4. The summed E-state index contributed by atoms with van der Waals surface area (Å²) < 4.78 is 5.83. The lowest BCUT2D eigenvalue weighted by Gasteiger charge is -2.37. The van der Waals surface area contributed by atoms with Gasteiger partial charge in [0.1, 0.15) is 12.1 Å². The van der Waals surface area contributed by atoms with Crippen molar-refractivity contribution in [3.05, 3.63) is 59.7 Å². The summed E-state index contributed by atoms with van der Waals surface area (Å²) in [5.41, 5.74) is 3.78. The predicted molar refractivity (Wildman–Crippen MR) is 114 cm³/mol. The third kappa shape index (κ3) is 4.51. The van der Waals surface area contributed by atoms with Crippen LogP contribution < -0.4 is 10.2 Å². The van der Waals surface area contributed by atoms with Crippen LogP contribution in [0.3, 0.4) is 0 Å². The molecule has 2 atom stereocenters. The second-order valence-electron chi connectivity index (χ2n) is 8.17. The molecule has 0 radical (unpaired) electrons. The number of carbonyl (C=O) groups excluding carboxylic acids is 2. The van der Waals surface area contributed by atoms with E-state index >= 15 is 0 Å². The third-order valence-electron chi connectivity index (χ3n) is 5.74. The molecule has 1 fully saturated rings. The number of hydrogen-bond donors (Lipinski definition) is 1. The number of anilines is 2. The van der Waals surface area contributed by atoms with E-state index in [9.17, 15) is 9.59 Å². The third-order valence-corrected chi connectivity index (χ3v) is 5.74. The van der Waals surface area contributed by atoms with Gasteiger partial charge in [-0.2, -0.15) is 0 Å². The van der Waals surface area contributed by atoms with Gasteiger partial charge in [0.05, 0.1) is 6.61 Å². The lowest BCUT2D eigenvalue weighted by atomic mass is 9.94. The molecule has 0 bridgehead atoms. The van der Waals surface area contributed by atoms with Gasteiger partial charge in [-0.3, -0.25) is 14.5 Å². The number of para-hydroxylation sites is 1. The molecule has 5 nitrogen and oxygen atoms in total. The van der Waals surface area contributed by atoms with Crippen LogP contribution in [0.5, 0.6) is 0 Å². The molecule has 1 N–H and O–H groups in total. The van der Waals surface area contributed by atoms with E-state index < -0.39 is 12.1 Å². The van der Waals surface area contributed by atoms with Crippen molar-refractivity contribution in [3.8, 4) is 0 Å². The fourth-order valence-corrected chi connectivity index (χ4v) is 3.76. The first-order chi connectivity index (χ1) is 14.0. The minimum Gasteiger partial charge on any atom is -0.368 e. The van der Waals surface area contributed by atoms with Gasteiger partial charge in [0.15, 0.2) is 0 Å². The number of aryl methyl sites for hydroxylation is 2. The van der Waals surface area contributed by atoms with Crippen LogP contribution in [0.15, 0.2) is 48.5 Å². The number of carbonyl (C=O) groups is 2. The Morgan fingerprint density at radius 3 is 2.55 bits per heavy atom. The average Bonchev–Trinajstić information content (AvgIpc) is 3.56. The molecule has 2 aliphatic rings. The number of fused-ring (bicyclic) bond motifs is 1. The van der Waals surface area contributed by atoms with Crippen molar-refractivity contribution in [2.45, 2.75) is 51.7 Å². The fourth-order valence-electron chi connectivity index (χ4n) is 3.76. The molecule has 5 heteroatoms. The number of hydrogen-bond acceptors (Lipinski definition) is 3. The van der Waals surface area contributed by atoms with Gasteiger partial charge in [-0.1, -0.05) is 35.9 Å². The van der Waals surface area contributed by atoms with E-state index in [1.807, 2.05) is 55.5 Å². The topological polar surface area (TPSA) is 58.6 Å². The van der Waals surface area contributed by atoms with E-state index in [1.165, 1.54) is 12.8 Å². The van der Waals surface area contributed by atoms with Crippen molar-refractivity contribution in [3.63, 3.8) is 0 Å². The maximum absolute atomic E-state index is 13.3. The molecule has 1 saturated carbocycles. The van der Waals surface area contributed by atoms with Crippen LogP contribution in [0.1, 0.15) is 37.3 Å². The van der Waals surface area contributed by atoms with E-state index in [2.05, 4.69) is 5.32 Å². The van der Waals surface area contributed by atoms with Crippen LogP contribution in [-0.2, 0) is 20.7 Å². The van der Waals surface area contributed by atoms with Crippen LogP contribution in [0, 0.1) is 12.8 Å². The summed E-state index contributed by atoms with van der Waals surface area (Å²) in [6.07, 6.45) is 3.14. The summed E-state index contributed by atoms with van der Waals surface area (Å²) >= 11 is 0. The molecular weight excluding hydrogens is 364 g/mol. The summed E-state index contributed by atoms with van der Waals surface area (Å²) in [6, 6.07) is 15.0. The fraction of sp³-hybridized carbons (Fsp3) is 0.417. The quantitative estimate of drug-likeness (QED) is 0.805. The molecule has 2 amide bonds. The van der Waals surface area contributed by atoms with Crippen LogP contribution in [-0.4, -0.2) is 30.6 Å². The summed E-state index contributed by atoms with van der Waals surface area (Å²) in [5.74, 6) is 0.271. The Labute approximate surface area is 172 Å². The van der Waals surface area contributed by atoms with Gasteiger partial charge >= 0.3 is 0 Å². The highest BCUT2D eigenvalue weighted by Gasteiger charge is 2.38. The molecule has 29 heavy (non-hydrogen) atoms. The van der Waals surface area contributed by atoms with E-state index in [-0.39, 0.29) is 11.8 Å². The molecular formula is C24H28N2O3. The van der Waals surface area contributed by atoms with Crippen LogP contribution in [0.2, 0.25) is 0 Å². The van der Waals surface area contributed by atoms with Crippen molar-refractivity contribution in [2.24, 2.45) is 5.92 Å². The monoisotopic (exact) mass is 392 g/mol. The Morgan fingerprint density at radius 2 is 1.83 bits per heavy atom. The number of nitrogens with one attached hydrogen (secondary N) is 1. The van der Waals surface area contributed by atoms with E-state index in [0.29, 0.717) is 18.9 Å². The molecule has 0 saturated heterocycles. The number of amides is 2. The molecule has 0 spiro atoms. The van der Waals surface area contributed by atoms with Gasteiger partial charge in [-0.25, -0.2) is 0 Å². The number of rotatable bonds is 6. The van der Waals surface area contributed by atoms with Crippen molar-refractivity contribution < 1.29 is 14.3 Å². The lowest BCUT2D eigenvalue weighted by Crippen LogP contribution is -2.53. The summed E-state index contributed by atoms with van der Waals surface area (Å²) in [5, 5.41) is 2.98. The van der Waals surface area contributed by atoms with Crippen molar-refractivity contribution in [1.82, 2.24) is 0 Å². The molecule has 4 rings (SSSR count). The lowest BCUT2D eigenvalue weighted by molar-refractivity contribution is -0.132. The standard InChI is InChI=1S/C24H28N2O3/c1-16-7-12-20(13-8-16)25-23(27)22-14-11-19-5-3-4-6-21(19)26(22)24(28)17(2)29-15-18-9-10-18/h3-8,12-13,17-18,22H,9-11,14-15H2,1-2H3,(H,25,27). The zero-order valence-electron chi connectivity index (χ0n) is 17.1. The van der Waals surface area contributed by atoms with E-state index in [4.69, 9.17) is 4.74 Å². The number of benzene rings is 2. The van der Waals surface area contributed by atoms with Crippen LogP contribution >= 0.6 is 0 Å². The minimum absolute atomic E-state index is 0.151. The van der Waals surface area contributed by atoms with Gasteiger partial charge in [-0.15, -0.1) is 0 Å². The Hall–Kier alpha value is -2.66. The Morgan fingerprint density at radius 1 is 1.10 bits per heavy atom. The highest BCUT2D eigenvalue weighted by atomic mass is 16.5. The van der Waals surface area contributed by atoms with Gasteiger partial charge in [0.25, 0.3) is 5.91 Å². The molecule has 1 aliphatic carbocycles. The van der Waals surface area contributed by atoms with E-state index in [0.717, 1.165) is 28.9 Å². The zero-order valence-corrected chi connectivity index (χ0v) is 17.1. The van der Waals surface area contributed by atoms with Gasteiger partial charge in [-0.05, 0) is 69.2 Å². The van der Waals surface area contributed by atoms with Gasteiger partial charge in [0, 0.05) is 11.4 Å².